The van der Waals surface area contributed by atoms with Crippen molar-refractivity contribution in [2.45, 2.75) is 19.8 Å². The van der Waals surface area contributed by atoms with Gasteiger partial charge in [-0.25, -0.2) is 9.97 Å². The average Bonchev–Trinajstić information content (AvgIpc) is 2.53. The van der Waals surface area contributed by atoms with Crippen molar-refractivity contribution in [2.75, 3.05) is 5.73 Å². The SMILES string of the molecule is C=C(C)CCc1ncc2[nH]c(N)nc2n1. The van der Waals surface area contributed by atoms with Crippen LogP contribution in [0.4, 0.5) is 5.95 Å². The highest BCUT2D eigenvalue weighted by Gasteiger charge is 2.03. The van der Waals surface area contributed by atoms with Gasteiger partial charge in [-0.3, -0.25) is 0 Å². The average molecular weight is 203 g/mol. The standard InChI is InChI=1S/C10H13N5/c1-6(2)3-4-8-12-5-7-9(14-8)15-10(11)13-7/h5H,1,3-4H2,2H3,(H3,11,12,13,14,15). The van der Waals surface area contributed by atoms with Gasteiger partial charge in [0.25, 0.3) is 0 Å². The summed E-state index contributed by atoms with van der Waals surface area (Å²) in [6.07, 6.45) is 3.39. The number of aryl methyl sites for hydroxylation is 1. The first-order chi connectivity index (χ1) is 7.15. The van der Waals surface area contributed by atoms with Gasteiger partial charge in [0, 0.05) is 6.42 Å². The molecule has 2 rings (SSSR count). The number of nitrogens with two attached hydrogens (primary N) is 1. The Balaban J connectivity index is 2.26. The molecule has 0 bridgehead atoms. The van der Waals surface area contributed by atoms with Gasteiger partial charge in [0.2, 0.25) is 0 Å². The zero-order chi connectivity index (χ0) is 10.8. The smallest absolute Gasteiger partial charge is 0.200 e. The molecule has 0 aliphatic carbocycles. The van der Waals surface area contributed by atoms with Crippen LogP contribution in [0.15, 0.2) is 18.3 Å². The summed E-state index contributed by atoms with van der Waals surface area (Å²) in [5, 5.41) is 0. The van der Waals surface area contributed by atoms with Crippen molar-refractivity contribution in [2.24, 2.45) is 0 Å². The Bertz CT molecular complexity index is 499. The molecule has 3 N–H and O–H groups in total. The summed E-state index contributed by atoms with van der Waals surface area (Å²) >= 11 is 0. The highest BCUT2D eigenvalue weighted by molar-refractivity contribution is 5.71. The largest absolute Gasteiger partial charge is 0.369 e. The molecule has 0 aromatic carbocycles. The van der Waals surface area contributed by atoms with Gasteiger partial charge in [0.1, 0.15) is 11.3 Å². The molecule has 2 aromatic rings. The van der Waals surface area contributed by atoms with Crippen molar-refractivity contribution < 1.29 is 0 Å². The number of hydrogen-bond donors (Lipinski definition) is 2. The Morgan fingerprint density at radius 3 is 3.07 bits per heavy atom. The number of allylic oxidation sites excluding steroid dienone is 1. The maximum Gasteiger partial charge on any atom is 0.200 e. The molecule has 2 aromatic heterocycles. The van der Waals surface area contributed by atoms with Crippen LogP contribution in [0.5, 0.6) is 0 Å². The van der Waals surface area contributed by atoms with E-state index in [1.54, 1.807) is 6.20 Å². The monoisotopic (exact) mass is 203 g/mol. The second-order valence-corrected chi connectivity index (χ2v) is 3.60. The van der Waals surface area contributed by atoms with Gasteiger partial charge in [0.05, 0.1) is 6.20 Å². The highest BCUT2D eigenvalue weighted by Crippen LogP contribution is 2.10. The molecule has 0 saturated carbocycles. The first-order valence-corrected chi connectivity index (χ1v) is 4.76. The van der Waals surface area contributed by atoms with E-state index in [2.05, 4.69) is 26.5 Å². The lowest BCUT2D eigenvalue weighted by Gasteiger charge is -1.98. The summed E-state index contributed by atoms with van der Waals surface area (Å²) in [4.78, 5) is 15.4. The second-order valence-electron chi connectivity index (χ2n) is 3.60. The van der Waals surface area contributed by atoms with E-state index in [0.717, 1.165) is 29.8 Å². The van der Waals surface area contributed by atoms with Crippen molar-refractivity contribution in [1.82, 2.24) is 19.9 Å². The van der Waals surface area contributed by atoms with Crippen molar-refractivity contribution in [3.63, 3.8) is 0 Å². The fourth-order valence-electron chi connectivity index (χ4n) is 1.31. The fourth-order valence-corrected chi connectivity index (χ4v) is 1.31. The molecule has 0 saturated heterocycles. The molecule has 0 unspecified atom stereocenters. The lowest BCUT2D eigenvalue weighted by molar-refractivity contribution is 0.860. The molecule has 2 heterocycles. The van der Waals surface area contributed by atoms with E-state index >= 15 is 0 Å². The summed E-state index contributed by atoms with van der Waals surface area (Å²) in [5.74, 6) is 1.15. The summed E-state index contributed by atoms with van der Waals surface area (Å²) in [6.45, 7) is 5.83. The summed E-state index contributed by atoms with van der Waals surface area (Å²) in [6, 6.07) is 0. The number of rotatable bonds is 3. The fraction of sp³-hybridized carbons (Fsp3) is 0.300. The summed E-state index contributed by atoms with van der Waals surface area (Å²) < 4.78 is 0. The number of hydrogen-bond acceptors (Lipinski definition) is 4. The molecular formula is C10H13N5. The van der Waals surface area contributed by atoms with Gasteiger partial charge in [0.15, 0.2) is 11.6 Å². The molecule has 0 radical (unpaired) electrons. The zero-order valence-electron chi connectivity index (χ0n) is 8.62. The first kappa shape index (κ1) is 9.64. The third-order valence-electron chi connectivity index (χ3n) is 2.08. The van der Waals surface area contributed by atoms with E-state index < -0.39 is 0 Å². The van der Waals surface area contributed by atoms with E-state index in [-0.39, 0.29) is 0 Å². The minimum atomic E-state index is 0.372. The Morgan fingerprint density at radius 2 is 2.33 bits per heavy atom. The topological polar surface area (TPSA) is 80.5 Å². The van der Waals surface area contributed by atoms with Crippen LogP contribution in [0.1, 0.15) is 19.2 Å². The predicted molar refractivity (Wildman–Crippen MR) is 59.2 cm³/mol. The lowest BCUT2D eigenvalue weighted by Crippen LogP contribution is -1.95. The van der Waals surface area contributed by atoms with Crippen LogP contribution in [0, 0.1) is 0 Å². The van der Waals surface area contributed by atoms with Crippen LogP contribution in [0.2, 0.25) is 0 Å². The maximum absolute atomic E-state index is 5.51. The predicted octanol–water partition coefficient (Wildman–Crippen LogP) is 1.44. The molecule has 5 nitrogen and oxygen atoms in total. The first-order valence-electron chi connectivity index (χ1n) is 4.76. The Morgan fingerprint density at radius 1 is 1.53 bits per heavy atom. The Kier molecular flexibility index (Phi) is 2.37. The van der Waals surface area contributed by atoms with Crippen molar-refractivity contribution in [3.8, 4) is 0 Å². The molecule has 78 valence electrons. The minimum Gasteiger partial charge on any atom is -0.369 e. The molecule has 0 atom stereocenters. The van der Waals surface area contributed by atoms with Crippen molar-refractivity contribution >= 4 is 17.1 Å². The number of aromatic nitrogens is 4. The number of nitrogens with one attached hydrogen (secondary N) is 1. The number of imidazole rings is 1. The quantitative estimate of drug-likeness (QED) is 0.740. The second kappa shape index (κ2) is 3.68. The number of nitrogen functional groups attached to an aromatic ring is 1. The zero-order valence-corrected chi connectivity index (χ0v) is 8.62. The van der Waals surface area contributed by atoms with Crippen LogP contribution in [-0.2, 0) is 6.42 Å². The molecule has 0 amide bonds. The molecule has 0 aliphatic heterocycles. The summed E-state index contributed by atoms with van der Waals surface area (Å²) in [5.41, 5.74) is 8.03. The van der Waals surface area contributed by atoms with Gasteiger partial charge in [-0.1, -0.05) is 5.57 Å². The van der Waals surface area contributed by atoms with E-state index in [4.69, 9.17) is 5.73 Å². The van der Waals surface area contributed by atoms with Crippen LogP contribution in [-0.4, -0.2) is 19.9 Å². The molecular weight excluding hydrogens is 190 g/mol. The van der Waals surface area contributed by atoms with Crippen LogP contribution < -0.4 is 5.73 Å². The number of fused-ring (bicyclic) bond motifs is 1. The molecule has 5 heteroatoms. The van der Waals surface area contributed by atoms with Crippen LogP contribution in [0.25, 0.3) is 11.2 Å². The summed E-state index contributed by atoms with van der Waals surface area (Å²) in [7, 11) is 0. The molecule has 15 heavy (non-hydrogen) atoms. The Hall–Kier alpha value is -1.91. The molecule has 0 aliphatic rings. The number of H-pyrrole nitrogens is 1. The number of anilines is 1. The van der Waals surface area contributed by atoms with Crippen molar-refractivity contribution in [3.05, 3.63) is 24.2 Å². The number of nitrogens with zero attached hydrogens (tertiary/aromatic N) is 3. The van der Waals surface area contributed by atoms with E-state index in [1.165, 1.54) is 0 Å². The van der Waals surface area contributed by atoms with Gasteiger partial charge >= 0.3 is 0 Å². The third-order valence-corrected chi connectivity index (χ3v) is 2.08. The van der Waals surface area contributed by atoms with Gasteiger partial charge in [-0.15, -0.1) is 6.58 Å². The lowest BCUT2D eigenvalue weighted by atomic mass is 10.2. The van der Waals surface area contributed by atoms with E-state index in [1.807, 2.05) is 6.92 Å². The minimum absolute atomic E-state index is 0.372. The van der Waals surface area contributed by atoms with Gasteiger partial charge in [-0.2, -0.15) is 4.98 Å². The normalized spacial score (nSPS) is 10.7. The highest BCUT2D eigenvalue weighted by atomic mass is 15.1. The van der Waals surface area contributed by atoms with Crippen LogP contribution in [0.3, 0.4) is 0 Å². The third kappa shape index (κ3) is 2.12. The van der Waals surface area contributed by atoms with Gasteiger partial charge in [-0.05, 0) is 13.3 Å². The van der Waals surface area contributed by atoms with Gasteiger partial charge < -0.3 is 10.7 Å². The van der Waals surface area contributed by atoms with E-state index in [9.17, 15) is 0 Å². The number of aromatic amines is 1. The van der Waals surface area contributed by atoms with Crippen LogP contribution >= 0.6 is 0 Å². The maximum atomic E-state index is 5.51. The van der Waals surface area contributed by atoms with E-state index in [0.29, 0.717) is 11.6 Å². The molecule has 0 fully saturated rings. The Labute approximate surface area is 87.5 Å². The van der Waals surface area contributed by atoms with Crippen molar-refractivity contribution in [1.29, 1.82) is 0 Å². The molecule has 0 spiro atoms.